The molecule has 18 heavy (non-hydrogen) atoms. The van der Waals surface area contributed by atoms with Gasteiger partial charge in [-0.05, 0) is 12.0 Å². The van der Waals surface area contributed by atoms with Crippen LogP contribution in [-0.2, 0) is 11.3 Å². The summed E-state index contributed by atoms with van der Waals surface area (Å²) in [6.07, 6.45) is 1.30. The summed E-state index contributed by atoms with van der Waals surface area (Å²) in [6, 6.07) is 10.2. The number of nitrogens with zero attached hydrogens (tertiary/aromatic N) is 2. The van der Waals surface area contributed by atoms with Gasteiger partial charge in [0, 0.05) is 13.1 Å². The van der Waals surface area contributed by atoms with E-state index in [9.17, 15) is 0 Å². The quantitative estimate of drug-likeness (QED) is 0.652. The summed E-state index contributed by atoms with van der Waals surface area (Å²) >= 11 is 0. The maximum atomic E-state index is 6.03. The number of morpholine rings is 1. The second kappa shape index (κ2) is 6.40. The Hall–Kier alpha value is -1.55. The van der Waals surface area contributed by atoms with Crippen LogP contribution >= 0.6 is 0 Å². The van der Waals surface area contributed by atoms with Crippen molar-refractivity contribution in [1.29, 1.82) is 0 Å². The van der Waals surface area contributed by atoms with Gasteiger partial charge in [0.05, 0.1) is 19.3 Å². The molecule has 1 aliphatic heterocycles. The summed E-state index contributed by atoms with van der Waals surface area (Å²) < 4.78 is 5.62. The van der Waals surface area contributed by atoms with Gasteiger partial charge in [0.1, 0.15) is 0 Å². The fourth-order valence-corrected chi connectivity index (χ4v) is 2.03. The minimum Gasteiger partial charge on any atom is -0.375 e. The maximum absolute atomic E-state index is 6.03. The number of benzene rings is 1. The molecule has 0 aromatic heterocycles. The average Bonchev–Trinajstić information content (AvgIpc) is 2.46. The largest absolute Gasteiger partial charge is 0.375 e. The molecule has 98 valence electrons. The summed E-state index contributed by atoms with van der Waals surface area (Å²) in [5.74, 6) is 0.626. The molecule has 1 fully saturated rings. The highest BCUT2D eigenvalue weighted by Gasteiger charge is 2.19. The maximum Gasteiger partial charge on any atom is 0.191 e. The number of guanidine groups is 1. The molecule has 1 heterocycles. The zero-order chi connectivity index (χ0) is 12.8. The standard InChI is InChI=1S/C14H21N3O/c1-2-13-11-17(8-9-18-13)14(15)16-10-12-6-4-3-5-7-12/h3-7,13H,2,8-11H2,1H3,(H2,15,16). The Morgan fingerprint density at radius 3 is 2.94 bits per heavy atom. The second-order valence-electron chi connectivity index (χ2n) is 4.51. The molecule has 4 nitrogen and oxygen atoms in total. The molecule has 4 heteroatoms. The third-order valence-corrected chi connectivity index (χ3v) is 3.18. The van der Waals surface area contributed by atoms with Crippen molar-refractivity contribution in [3.63, 3.8) is 0 Å². The first-order valence-corrected chi connectivity index (χ1v) is 6.50. The van der Waals surface area contributed by atoms with Crippen LogP contribution in [-0.4, -0.2) is 36.7 Å². The molecule has 0 aliphatic carbocycles. The van der Waals surface area contributed by atoms with Gasteiger partial charge >= 0.3 is 0 Å². The Morgan fingerprint density at radius 1 is 1.44 bits per heavy atom. The van der Waals surface area contributed by atoms with E-state index in [0.29, 0.717) is 12.5 Å². The summed E-state index contributed by atoms with van der Waals surface area (Å²) in [4.78, 5) is 6.56. The number of nitrogens with two attached hydrogens (primary N) is 1. The van der Waals surface area contributed by atoms with Gasteiger partial charge in [-0.1, -0.05) is 37.3 Å². The lowest BCUT2D eigenvalue weighted by atomic mass is 10.2. The van der Waals surface area contributed by atoms with Gasteiger partial charge in [-0.25, -0.2) is 4.99 Å². The van der Waals surface area contributed by atoms with Crippen LogP contribution in [0.1, 0.15) is 18.9 Å². The van der Waals surface area contributed by atoms with Crippen molar-refractivity contribution in [2.75, 3.05) is 19.7 Å². The lowest BCUT2D eigenvalue weighted by Crippen LogP contribution is -2.48. The van der Waals surface area contributed by atoms with E-state index in [-0.39, 0.29) is 6.10 Å². The molecule has 1 aromatic carbocycles. The Balaban J connectivity index is 1.92. The average molecular weight is 247 g/mol. The Bertz CT molecular complexity index is 391. The van der Waals surface area contributed by atoms with Crippen LogP contribution in [0.4, 0.5) is 0 Å². The predicted octanol–water partition coefficient (Wildman–Crippen LogP) is 1.61. The van der Waals surface area contributed by atoms with Gasteiger partial charge in [-0.3, -0.25) is 0 Å². The molecule has 1 aliphatic rings. The van der Waals surface area contributed by atoms with E-state index in [1.807, 2.05) is 18.2 Å². The molecule has 0 amide bonds. The van der Waals surface area contributed by atoms with Crippen molar-refractivity contribution < 1.29 is 4.74 Å². The highest BCUT2D eigenvalue weighted by Crippen LogP contribution is 2.08. The molecule has 1 unspecified atom stereocenters. The molecule has 2 rings (SSSR count). The first-order valence-electron chi connectivity index (χ1n) is 6.50. The van der Waals surface area contributed by atoms with Crippen LogP contribution in [0.3, 0.4) is 0 Å². The number of hydrogen-bond donors (Lipinski definition) is 1. The van der Waals surface area contributed by atoms with Crippen molar-refractivity contribution in [3.05, 3.63) is 35.9 Å². The van der Waals surface area contributed by atoms with Crippen molar-refractivity contribution in [1.82, 2.24) is 4.90 Å². The Labute approximate surface area is 108 Å². The Kier molecular flexibility index (Phi) is 4.59. The van der Waals surface area contributed by atoms with Crippen LogP contribution < -0.4 is 5.73 Å². The zero-order valence-electron chi connectivity index (χ0n) is 10.9. The smallest absolute Gasteiger partial charge is 0.191 e. The number of ether oxygens (including phenoxy) is 1. The van der Waals surface area contributed by atoms with E-state index in [1.54, 1.807) is 0 Å². The van der Waals surface area contributed by atoms with E-state index < -0.39 is 0 Å². The molecule has 0 bridgehead atoms. The predicted molar refractivity (Wildman–Crippen MR) is 73.4 cm³/mol. The van der Waals surface area contributed by atoms with Gasteiger partial charge < -0.3 is 15.4 Å². The molecule has 0 spiro atoms. The lowest BCUT2D eigenvalue weighted by Gasteiger charge is -2.33. The van der Waals surface area contributed by atoms with E-state index in [1.165, 1.54) is 5.56 Å². The molecule has 1 saturated heterocycles. The number of aliphatic imine (C=N–C) groups is 1. The zero-order valence-corrected chi connectivity index (χ0v) is 10.9. The summed E-state index contributed by atoms with van der Waals surface area (Å²) in [5, 5.41) is 0. The van der Waals surface area contributed by atoms with Gasteiger partial charge in [0.2, 0.25) is 0 Å². The third kappa shape index (κ3) is 3.47. The molecule has 1 aromatic rings. The second-order valence-corrected chi connectivity index (χ2v) is 4.51. The van der Waals surface area contributed by atoms with Crippen molar-refractivity contribution in [2.45, 2.75) is 26.0 Å². The minimum absolute atomic E-state index is 0.282. The Morgan fingerprint density at radius 2 is 2.22 bits per heavy atom. The highest BCUT2D eigenvalue weighted by atomic mass is 16.5. The van der Waals surface area contributed by atoms with Crippen molar-refractivity contribution in [3.8, 4) is 0 Å². The van der Waals surface area contributed by atoms with E-state index in [2.05, 4.69) is 28.9 Å². The highest BCUT2D eigenvalue weighted by molar-refractivity contribution is 5.78. The van der Waals surface area contributed by atoms with Crippen molar-refractivity contribution >= 4 is 5.96 Å². The summed E-state index contributed by atoms with van der Waals surface area (Å²) in [6.45, 7) is 5.19. The SMILES string of the molecule is CCC1CN(C(N)=NCc2ccccc2)CCO1. The van der Waals surface area contributed by atoms with Crippen LogP contribution in [0.5, 0.6) is 0 Å². The van der Waals surface area contributed by atoms with E-state index in [4.69, 9.17) is 10.5 Å². The molecule has 0 radical (unpaired) electrons. The normalized spacial score (nSPS) is 21.1. The molecular weight excluding hydrogens is 226 g/mol. The summed E-state index contributed by atoms with van der Waals surface area (Å²) in [7, 11) is 0. The third-order valence-electron chi connectivity index (χ3n) is 3.18. The fraction of sp³-hybridized carbons (Fsp3) is 0.500. The molecule has 1 atom stereocenters. The first kappa shape index (κ1) is 12.9. The molecule has 2 N–H and O–H groups in total. The van der Waals surface area contributed by atoms with E-state index >= 15 is 0 Å². The fourth-order valence-electron chi connectivity index (χ4n) is 2.03. The monoisotopic (exact) mass is 247 g/mol. The lowest BCUT2D eigenvalue weighted by molar-refractivity contribution is -0.00746. The van der Waals surface area contributed by atoms with Crippen molar-refractivity contribution in [2.24, 2.45) is 10.7 Å². The van der Waals surface area contributed by atoms with Gasteiger partial charge in [-0.15, -0.1) is 0 Å². The van der Waals surface area contributed by atoms with Gasteiger partial charge in [0.25, 0.3) is 0 Å². The number of hydrogen-bond acceptors (Lipinski definition) is 2. The van der Waals surface area contributed by atoms with Crippen LogP contribution in [0.25, 0.3) is 0 Å². The minimum atomic E-state index is 0.282. The number of rotatable bonds is 3. The first-order chi connectivity index (χ1) is 8.79. The van der Waals surface area contributed by atoms with Crippen LogP contribution in [0, 0.1) is 0 Å². The van der Waals surface area contributed by atoms with Gasteiger partial charge in [0.15, 0.2) is 5.96 Å². The molecule has 0 saturated carbocycles. The van der Waals surface area contributed by atoms with Gasteiger partial charge in [-0.2, -0.15) is 0 Å². The van der Waals surface area contributed by atoms with Crippen LogP contribution in [0.15, 0.2) is 35.3 Å². The van der Waals surface area contributed by atoms with E-state index in [0.717, 1.165) is 26.1 Å². The molecular formula is C14H21N3O. The summed E-state index contributed by atoms with van der Waals surface area (Å²) in [5.41, 5.74) is 7.21. The van der Waals surface area contributed by atoms with Crippen LogP contribution in [0.2, 0.25) is 0 Å². The topological polar surface area (TPSA) is 50.8 Å².